The van der Waals surface area contributed by atoms with Gasteiger partial charge in [-0.15, -0.1) is 0 Å². The van der Waals surface area contributed by atoms with Crippen molar-refractivity contribution >= 4 is 5.91 Å². The molecular weight excluding hydrogens is 360 g/mol. The first kappa shape index (κ1) is 21.4. The second-order valence-electron chi connectivity index (χ2n) is 8.37. The second-order valence-corrected chi connectivity index (χ2v) is 8.37. The molecular formula is C25H34N2O2. The zero-order chi connectivity index (χ0) is 20.6. The summed E-state index contributed by atoms with van der Waals surface area (Å²) in [6, 6.07) is 16.9. The number of para-hydroxylation sites is 1. The molecule has 1 saturated heterocycles. The molecule has 0 unspecified atom stereocenters. The predicted octanol–water partition coefficient (Wildman–Crippen LogP) is 4.53. The number of rotatable bonds is 8. The smallest absolute Gasteiger partial charge is 0.223 e. The first-order valence-electron chi connectivity index (χ1n) is 10.8. The Bertz CT molecular complexity index is 778. The highest BCUT2D eigenvalue weighted by atomic mass is 16.5. The zero-order valence-electron chi connectivity index (χ0n) is 18.0. The molecule has 1 amide bonds. The van der Waals surface area contributed by atoms with E-state index in [1.165, 1.54) is 16.7 Å². The maximum atomic E-state index is 12.5. The number of carbonyl (C=O) groups is 1. The minimum Gasteiger partial charge on any atom is -0.491 e. The lowest BCUT2D eigenvalue weighted by molar-refractivity contribution is -0.126. The Labute approximate surface area is 175 Å². The van der Waals surface area contributed by atoms with Gasteiger partial charge < -0.3 is 10.1 Å². The van der Waals surface area contributed by atoms with Gasteiger partial charge in [-0.25, -0.2) is 0 Å². The Kier molecular flexibility index (Phi) is 7.70. The fraction of sp³-hybridized carbons (Fsp3) is 0.480. The Morgan fingerprint density at radius 2 is 1.79 bits per heavy atom. The molecule has 4 nitrogen and oxygen atoms in total. The number of amides is 1. The van der Waals surface area contributed by atoms with E-state index in [1.54, 1.807) is 0 Å². The summed E-state index contributed by atoms with van der Waals surface area (Å²) in [5, 5.41) is 3.06. The number of nitrogens with zero attached hydrogens (tertiary/aromatic N) is 1. The highest BCUT2D eigenvalue weighted by Crippen LogP contribution is 2.25. The summed E-state index contributed by atoms with van der Waals surface area (Å²) < 4.78 is 5.91. The Hall–Kier alpha value is -2.33. The van der Waals surface area contributed by atoms with Crippen LogP contribution in [0.4, 0.5) is 0 Å². The van der Waals surface area contributed by atoms with E-state index in [2.05, 4.69) is 61.3 Å². The van der Waals surface area contributed by atoms with Gasteiger partial charge >= 0.3 is 0 Å². The Balaban J connectivity index is 1.36. The van der Waals surface area contributed by atoms with Crippen molar-refractivity contribution in [2.75, 3.05) is 26.2 Å². The number of nitrogens with one attached hydrogen (secondary N) is 1. The van der Waals surface area contributed by atoms with E-state index in [0.29, 0.717) is 19.1 Å². The number of hydrogen-bond donors (Lipinski definition) is 1. The van der Waals surface area contributed by atoms with Gasteiger partial charge in [0.05, 0.1) is 6.54 Å². The van der Waals surface area contributed by atoms with Gasteiger partial charge in [0.15, 0.2) is 0 Å². The van der Waals surface area contributed by atoms with Crippen LogP contribution in [0.3, 0.4) is 0 Å². The largest absolute Gasteiger partial charge is 0.491 e. The summed E-state index contributed by atoms with van der Waals surface area (Å²) in [4.78, 5) is 14.9. The summed E-state index contributed by atoms with van der Waals surface area (Å²) in [5.41, 5.74) is 3.85. The summed E-state index contributed by atoms with van der Waals surface area (Å²) >= 11 is 0. The maximum Gasteiger partial charge on any atom is 0.223 e. The van der Waals surface area contributed by atoms with Gasteiger partial charge in [0, 0.05) is 12.5 Å². The summed E-state index contributed by atoms with van der Waals surface area (Å²) in [6.45, 7) is 10.4. The monoisotopic (exact) mass is 394 g/mol. The average molecular weight is 395 g/mol. The lowest BCUT2D eigenvalue weighted by atomic mass is 9.95. The number of carbonyl (C=O) groups excluding carboxylic acids is 1. The second kappa shape index (κ2) is 10.4. The molecule has 2 aromatic carbocycles. The van der Waals surface area contributed by atoms with Gasteiger partial charge in [-0.05, 0) is 56.0 Å². The third-order valence-electron chi connectivity index (χ3n) is 5.69. The van der Waals surface area contributed by atoms with Gasteiger partial charge in [0.1, 0.15) is 12.4 Å². The molecule has 0 atom stereocenters. The quantitative estimate of drug-likeness (QED) is 0.669. The summed E-state index contributed by atoms with van der Waals surface area (Å²) in [6.07, 6.45) is 1.85. The van der Waals surface area contributed by atoms with E-state index in [-0.39, 0.29) is 11.8 Å². The minimum atomic E-state index is 0.118. The molecule has 1 N–H and O–H groups in total. The number of benzene rings is 2. The van der Waals surface area contributed by atoms with E-state index in [1.807, 2.05) is 18.2 Å². The van der Waals surface area contributed by atoms with Crippen molar-refractivity contribution in [2.45, 2.75) is 46.1 Å². The van der Waals surface area contributed by atoms with Crippen LogP contribution in [-0.2, 0) is 11.3 Å². The van der Waals surface area contributed by atoms with Crippen LogP contribution in [0.1, 0.15) is 49.3 Å². The fourth-order valence-corrected chi connectivity index (χ4v) is 3.87. The molecule has 2 aromatic rings. The van der Waals surface area contributed by atoms with Crippen molar-refractivity contribution in [2.24, 2.45) is 5.92 Å². The molecule has 0 radical (unpaired) electrons. The van der Waals surface area contributed by atoms with Crippen molar-refractivity contribution in [1.82, 2.24) is 10.2 Å². The molecule has 3 rings (SSSR count). The maximum absolute atomic E-state index is 12.5. The van der Waals surface area contributed by atoms with Crippen LogP contribution in [0, 0.1) is 12.8 Å². The molecule has 0 aromatic heterocycles. The number of piperidine rings is 1. The molecule has 1 fully saturated rings. The van der Waals surface area contributed by atoms with Crippen molar-refractivity contribution in [3.63, 3.8) is 0 Å². The molecule has 1 heterocycles. The Morgan fingerprint density at radius 1 is 1.10 bits per heavy atom. The van der Waals surface area contributed by atoms with Crippen LogP contribution in [0.15, 0.2) is 48.5 Å². The molecule has 0 bridgehead atoms. The van der Waals surface area contributed by atoms with E-state index in [9.17, 15) is 4.79 Å². The van der Waals surface area contributed by atoms with Crippen molar-refractivity contribution in [1.29, 1.82) is 0 Å². The van der Waals surface area contributed by atoms with Crippen LogP contribution in [0.5, 0.6) is 5.75 Å². The average Bonchev–Trinajstić information content (AvgIpc) is 2.73. The standard InChI is InChI=1S/C25H34N2O2/c1-19(2)23-6-4-5-7-24(23)29-17-14-26-25(28)22-12-15-27(16-13-22)18-21-10-8-20(3)9-11-21/h4-11,19,22H,12-18H2,1-3H3,(H,26,28). The number of ether oxygens (including phenoxy) is 1. The van der Waals surface area contributed by atoms with E-state index >= 15 is 0 Å². The topological polar surface area (TPSA) is 41.6 Å². The highest BCUT2D eigenvalue weighted by molar-refractivity contribution is 5.78. The fourth-order valence-electron chi connectivity index (χ4n) is 3.87. The summed E-state index contributed by atoms with van der Waals surface area (Å²) in [5.74, 6) is 1.62. The number of hydrogen-bond acceptors (Lipinski definition) is 3. The number of aryl methyl sites for hydroxylation is 1. The van der Waals surface area contributed by atoms with Gasteiger partial charge in [-0.1, -0.05) is 61.9 Å². The molecule has 4 heteroatoms. The van der Waals surface area contributed by atoms with Gasteiger partial charge in [-0.3, -0.25) is 9.69 Å². The van der Waals surface area contributed by atoms with Gasteiger partial charge in [0.25, 0.3) is 0 Å². The van der Waals surface area contributed by atoms with E-state index in [0.717, 1.165) is 38.2 Å². The first-order valence-corrected chi connectivity index (χ1v) is 10.8. The minimum absolute atomic E-state index is 0.118. The molecule has 0 saturated carbocycles. The molecule has 29 heavy (non-hydrogen) atoms. The normalized spacial score (nSPS) is 15.4. The van der Waals surface area contributed by atoms with Crippen molar-refractivity contribution in [3.8, 4) is 5.75 Å². The first-order chi connectivity index (χ1) is 14.0. The molecule has 1 aliphatic heterocycles. The van der Waals surface area contributed by atoms with E-state index < -0.39 is 0 Å². The molecule has 0 spiro atoms. The molecule has 1 aliphatic rings. The lowest BCUT2D eigenvalue weighted by Gasteiger charge is -2.31. The lowest BCUT2D eigenvalue weighted by Crippen LogP contribution is -2.41. The van der Waals surface area contributed by atoms with Crippen LogP contribution in [-0.4, -0.2) is 37.0 Å². The van der Waals surface area contributed by atoms with Gasteiger partial charge in [-0.2, -0.15) is 0 Å². The highest BCUT2D eigenvalue weighted by Gasteiger charge is 2.24. The van der Waals surface area contributed by atoms with Gasteiger partial charge in [0.2, 0.25) is 5.91 Å². The van der Waals surface area contributed by atoms with Crippen LogP contribution in [0.2, 0.25) is 0 Å². The SMILES string of the molecule is Cc1ccc(CN2CCC(C(=O)NCCOc3ccccc3C(C)C)CC2)cc1. The Morgan fingerprint density at radius 3 is 2.48 bits per heavy atom. The molecule has 0 aliphatic carbocycles. The molecule has 156 valence electrons. The van der Waals surface area contributed by atoms with Crippen molar-refractivity contribution < 1.29 is 9.53 Å². The van der Waals surface area contributed by atoms with E-state index in [4.69, 9.17) is 4.74 Å². The summed E-state index contributed by atoms with van der Waals surface area (Å²) in [7, 11) is 0. The zero-order valence-corrected chi connectivity index (χ0v) is 18.0. The predicted molar refractivity (Wildman–Crippen MR) is 118 cm³/mol. The van der Waals surface area contributed by atoms with Crippen molar-refractivity contribution in [3.05, 3.63) is 65.2 Å². The van der Waals surface area contributed by atoms with Crippen LogP contribution >= 0.6 is 0 Å². The van der Waals surface area contributed by atoms with Crippen LogP contribution in [0.25, 0.3) is 0 Å². The third-order valence-corrected chi connectivity index (χ3v) is 5.69. The van der Waals surface area contributed by atoms with Crippen LogP contribution < -0.4 is 10.1 Å². The number of likely N-dealkylation sites (tertiary alicyclic amines) is 1. The third kappa shape index (κ3) is 6.33.